The standard InChI is InChI=1S/C12H11Cl2N3O2/c13-8-2-1-7(10(14)5-8)6-15-17-12(19)11(18)16-9-3-4-9/h1-2,5-6,9H,3-4H2,(H,16,18)(H,17,19). The lowest BCUT2D eigenvalue weighted by molar-refractivity contribution is -0.139. The molecule has 0 aliphatic heterocycles. The summed E-state index contributed by atoms with van der Waals surface area (Å²) in [7, 11) is 0. The van der Waals surface area contributed by atoms with Gasteiger partial charge < -0.3 is 5.32 Å². The minimum Gasteiger partial charge on any atom is -0.345 e. The maximum absolute atomic E-state index is 11.3. The van der Waals surface area contributed by atoms with Crippen molar-refractivity contribution in [2.45, 2.75) is 18.9 Å². The highest BCUT2D eigenvalue weighted by molar-refractivity contribution is 6.36. The molecule has 7 heteroatoms. The molecule has 5 nitrogen and oxygen atoms in total. The molecule has 1 saturated carbocycles. The van der Waals surface area contributed by atoms with Gasteiger partial charge in [-0.1, -0.05) is 29.3 Å². The fourth-order valence-electron chi connectivity index (χ4n) is 1.30. The summed E-state index contributed by atoms with van der Waals surface area (Å²) < 4.78 is 0. The van der Waals surface area contributed by atoms with Crippen molar-refractivity contribution in [3.63, 3.8) is 0 Å². The van der Waals surface area contributed by atoms with Crippen LogP contribution in [0.2, 0.25) is 10.0 Å². The first-order valence-corrected chi connectivity index (χ1v) is 6.41. The number of nitrogens with zero attached hydrogens (tertiary/aromatic N) is 1. The number of hydrogen-bond donors (Lipinski definition) is 2. The van der Waals surface area contributed by atoms with Crippen LogP contribution in [0.5, 0.6) is 0 Å². The lowest BCUT2D eigenvalue weighted by atomic mass is 10.2. The van der Waals surface area contributed by atoms with Crippen molar-refractivity contribution in [1.29, 1.82) is 0 Å². The molecular weight excluding hydrogens is 289 g/mol. The van der Waals surface area contributed by atoms with Crippen LogP contribution in [0.3, 0.4) is 0 Å². The predicted molar refractivity (Wildman–Crippen MR) is 73.4 cm³/mol. The van der Waals surface area contributed by atoms with Crippen LogP contribution >= 0.6 is 23.2 Å². The summed E-state index contributed by atoms with van der Waals surface area (Å²) >= 11 is 11.7. The number of carbonyl (C=O) groups is 2. The summed E-state index contributed by atoms with van der Waals surface area (Å²) in [6.07, 6.45) is 3.19. The third-order valence-corrected chi connectivity index (χ3v) is 3.01. The van der Waals surface area contributed by atoms with E-state index in [9.17, 15) is 9.59 Å². The number of hydrogen-bond acceptors (Lipinski definition) is 3. The second kappa shape index (κ2) is 6.04. The predicted octanol–water partition coefficient (Wildman–Crippen LogP) is 1.72. The van der Waals surface area contributed by atoms with Crippen LogP contribution in [-0.2, 0) is 9.59 Å². The van der Waals surface area contributed by atoms with Crippen molar-refractivity contribution < 1.29 is 9.59 Å². The Kier molecular flexibility index (Phi) is 4.39. The van der Waals surface area contributed by atoms with Gasteiger partial charge in [-0.25, -0.2) is 5.43 Å². The zero-order valence-electron chi connectivity index (χ0n) is 9.82. The number of halogens is 2. The van der Waals surface area contributed by atoms with Gasteiger partial charge in [0.15, 0.2) is 0 Å². The zero-order chi connectivity index (χ0) is 13.8. The third-order valence-electron chi connectivity index (χ3n) is 2.45. The lowest BCUT2D eigenvalue weighted by Crippen LogP contribution is -2.38. The van der Waals surface area contributed by atoms with Gasteiger partial charge >= 0.3 is 11.8 Å². The summed E-state index contributed by atoms with van der Waals surface area (Å²) in [5, 5.41) is 7.14. The summed E-state index contributed by atoms with van der Waals surface area (Å²) in [5.41, 5.74) is 2.72. The maximum atomic E-state index is 11.3. The molecule has 0 spiro atoms. The van der Waals surface area contributed by atoms with Gasteiger partial charge in [0.25, 0.3) is 0 Å². The molecule has 2 rings (SSSR count). The van der Waals surface area contributed by atoms with E-state index >= 15 is 0 Å². The van der Waals surface area contributed by atoms with Gasteiger partial charge in [0, 0.05) is 16.6 Å². The van der Waals surface area contributed by atoms with E-state index in [0.29, 0.717) is 15.6 Å². The minimum atomic E-state index is -0.798. The first kappa shape index (κ1) is 13.8. The van der Waals surface area contributed by atoms with Crippen molar-refractivity contribution in [3.05, 3.63) is 33.8 Å². The Morgan fingerprint density at radius 1 is 1.26 bits per heavy atom. The third kappa shape index (κ3) is 4.22. The Hall–Kier alpha value is -1.59. The maximum Gasteiger partial charge on any atom is 0.329 e. The molecule has 2 N–H and O–H groups in total. The van der Waals surface area contributed by atoms with Gasteiger partial charge in [0.1, 0.15) is 0 Å². The summed E-state index contributed by atoms with van der Waals surface area (Å²) in [6, 6.07) is 5.00. The largest absolute Gasteiger partial charge is 0.345 e. The van der Waals surface area contributed by atoms with Crippen LogP contribution < -0.4 is 10.7 Å². The highest BCUT2D eigenvalue weighted by Crippen LogP contribution is 2.19. The average molecular weight is 300 g/mol. The normalized spacial score (nSPS) is 14.4. The van der Waals surface area contributed by atoms with Gasteiger partial charge in [-0.05, 0) is 25.0 Å². The van der Waals surface area contributed by atoms with Crippen LogP contribution in [0.25, 0.3) is 0 Å². The molecule has 0 radical (unpaired) electrons. The van der Waals surface area contributed by atoms with Crippen molar-refractivity contribution in [2.75, 3.05) is 0 Å². The second-order valence-corrected chi connectivity index (χ2v) is 4.96. The SMILES string of the molecule is O=C(NN=Cc1ccc(Cl)cc1Cl)C(=O)NC1CC1. The molecule has 1 fully saturated rings. The molecule has 0 aromatic heterocycles. The van der Waals surface area contributed by atoms with E-state index in [1.54, 1.807) is 18.2 Å². The number of rotatable bonds is 3. The van der Waals surface area contributed by atoms with Crippen molar-refractivity contribution in [2.24, 2.45) is 5.10 Å². The first-order chi connectivity index (χ1) is 9.06. The van der Waals surface area contributed by atoms with Gasteiger partial charge in [-0.15, -0.1) is 0 Å². The molecule has 2 amide bonds. The average Bonchev–Trinajstić information content (AvgIpc) is 3.15. The first-order valence-electron chi connectivity index (χ1n) is 5.65. The molecule has 1 aromatic carbocycles. The van der Waals surface area contributed by atoms with Gasteiger partial charge in [-0.3, -0.25) is 9.59 Å². The lowest BCUT2D eigenvalue weighted by Gasteiger charge is -2.01. The van der Waals surface area contributed by atoms with Gasteiger partial charge in [0.2, 0.25) is 0 Å². The summed E-state index contributed by atoms with van der Waals surface area (Å²) in [6.45, 7) is 0. The zero-order valence-corrected chi connectivity index (χ0v) is 11.3. The Labute approximate surface area is 120 Å². The molecule has 1 aromatic rings. The van der Waals surface area contributed by atoms with E-state index in [2.05, 4.69) is 15.8 Å². The highest BCUT2D eigenvalue weighted by atomic mass is 35.5. The quantitative estimate of drug-likeness (QED) is 0.507. The van der Waals surface area contributed by atoms with Crippen molar-refractivity contribution in [3.8, 4) is 0 Å². The number of benzene rings is 1. The van der Waals surface area contributed by atoms with E-state index in [1.165, 1.54) is 6.21 Å². The number of carbonyl (C=O) groups excluding carboxylic acids is 2. The molecule has 0 atom stereocenters. The molecule has 1 aliphatic carbocycles. The molecule has 100 valence electrons. The van der Waals surface area contributed by atoms with E-state index < -0.39 is 11.8 Å². The van der Waals surface area contributed by atoms with E-state index in [-0.39, 0.29) is 6.04 Å². The Morgan fingerprint density at radius 3 is 2.63 bits per heavy atom. The summed E-state index contributed by atoms with van der Waals surface area (Å²) in [5.74, 6) is -1.48. The molecule has 0 bridgehead atoms. The van der Waals surface area contributed by atoms with Crippen LogP contribution in [0, 0.1) is 0 Å². The fraction of sp³-hybridized carbons (Fsp3) is 0.250. The molecule has 0 saturated heterocycles. The van der Waals surface area contributed by atoms with Crippen LogP contribution in [-0.4, -0.2) is 24.1 Å². The summed E-state index contributed by atoms with van der Waals surface area (Å²) in [4.78, 5) is 22.7. The fourth-order valence-corrected chi connectivity index (χ4v) is 1.75. The smallest absolute Gasteiger partial charge is 0.329 e. The Morgan fingerprint density at radius 2 is 2.00 bits per heavy atom. The molecular formula is C12H11Cl2N3O2. The van der Waals surface area contributed by atoms with Crippen LogP contribution in [0.1, 0.15) is 18.4 Å². The van der Waals surface area contributed by atoms with Crippen LogP contribution in [0.4, 0.5) is 0 Å². The molecule has 19 heavy (non-hydrogen) atoms. The second-order valence-electron chi connectivity index (χ2n) is 4.11. The monoisotopic (exact) mass is 299 g/mol. The Balaban J connectivity index is 1.88. The number of amides is 2. The number of nitrogens with one attached hydrogen (secondary N) is 2. The van der Waals surface area contributed by atoms with E-state index in [1.807, 2.05) is 0 Å². The van der Waals surface area contributed by atoms with E-state index in [4.69, 9.17) is 23.2 Å². The Bertz CT molecular complexity index is 542. The number of hydrazone groups is 1. The van der Waals surface area contributed by atoms with Crippen LogP contribution in [0.15, 0.2) is 23.3 Å². The minimum absolute atomic E-state index is 0.132. The molecule has 0 heterocycles. The highest BCUT2D eigenvalue weighted by Gasteiger charge is 2.26. The van der Waals surface area contributed by atoms with Crippen molar-refractivity contribution >= 4 is 41.2 Å². The molecule has 0 unspecified atom stereocenters. The van der Waals surface area contributed by atoms with Gasteiger partial charge in [-0.2, -0.15) is 5.10 Å². The van der Waals surface area contributed by atoms with E-state index in [0.717, 1.165) is 12.8 Å². The topological polar surface area (TPSA) is 70.6 Å². The van der Waals surface area contributed by atoms with Crippen molar-refractivity contribution in [1.82, 2.24) is 10.7 Å². The van der Waals surface area contributed by atoms with Gasteiger partial charge in [0.05, 0.1) is 11.2 Å². The molecule has 1 aliphatic rings.